The Balaban J connectivity index is 2.60. The molecule has 1 heterocycles. The van der Waals surface area contributed by atoms with Crippen LogP contribution in [0.3, 0.4) is 0 Å². The van der Waals surface area contributed by atoms with Gasteiger partial charge in [-0.25, -0.2) is 0 Å². The minimum absolute atomic E-state index is 0.523. The highest BCUT2D eigenvalue weighted by molar-refractivity contribution is 5.10. The molecule has 1 aromatic rings. The van der Waals surface area contributed by atoms with E-state index in [1.54, 1.807) is 0 Å². The van der Waals surface area contributed by atoms with Gasteiger partial charge in [-0.05, 0) is 38.1 Å². The van der Waals surface area contributed by atoms with Crippen LogP contribution in [-0.4, -0.2) is 23.0 Å². The van der Waals surface area contributed by atoms with E-state index >= 15 is 0 Å². The molecule has 0 saturated heterocycles. The van der Waals surface area contributed by atoms with Gasteiger partial charge in [0.25, 0.3) is 0 Å². The van der Waals surface area contributed by atoms with Crippen LogP contribution in [0.1, 0.15) is 38.1 Å². The monoisotopic (exact) mass is 221 g/mol. The number of nitrogens with zero attached hydrogens (tertiary/aromatic N) is 2. The van der Waals surface area contributed by atoms with E-state index in [1.807, 2.05) is 12.1 Å². The van der Waals surface area contributed by atoms with Gasteiger partial charge in [0.05, 0.1) is 11.4 Å². The summed E-state index contributed by atoms with van der Waals surface area (Å²) in [7, 11) is 0. The summed E-state index contributed by atoms with van der Waals surface area (Å²) in [5.74, 6) is 0. The van der Waals surface area contributed by atoms with Crippen molar-refractivity contribution >= 4 is 0 Å². The highest BCUT2D eigenvalue weighted by atomic mass is 15.1. The molecule has 0 saturated carbocycles. The molecule has 3 heteroatoms. The van der Waals surface area contributed by atoms with Gasteiger partial charge in [0.2, 0.25) is 0 Å². The summed E-state index contributed by atoms with van der Waals surface area (Å²) < 4.78 is 0. The zero-order valence-corrected chi connectivity index (χ0v) is 10.4. The first-order valence-corrected chi connectivity index (χ1v) is 6.17. The van der Waals surface area contributed by atoms with Crippen molar-refractivity contribution in [1.29, 1.82) is 0 Å². The second-order valence-corrected chi connectivity index (χ2v) is 4.10. The molecule has 90 valence electrons. The van der Waals surface area contributed by atoms with E-state index in [2.05, 4.69) is 29.8 Å². The van der Waals surface area contributed by atoms with Gasteiger partial charge in [0.15, 0.2) is 0 Å². The highest BCUT2D eigenvalue weighted by Crippen LogP contribution is 2.05. The molecule has 16 heavy (non-hydrogen) atoms. The van der Waals surface area contributed by atoms with Crippen LogP contribution in [-0.2, 0) is 13.1 Å². The van der Waals surface area contributed by atoms with E-state index in [0.717, 1.165) is 31.0 Å². The molecule has 3 nitrogen and oxygen atoms in total. The fourth-order valence-electron chi connectivity index (χ4n) is 1.86. The predicted molar refractivity (Wildman–Crippen MR) is 68.0 cm³/mol. The molecule has 0 amide bonds. The molecular formula is C13H23N3. The van der Waals surface area contributed by atoms with E-state index in [9.17, 15) is 0 Å². The number of nitrogens with two attached hydrogens (primary N) is 1. The number of hydrogen-bond acceptors (Lipinski definition) is 3. The zero-order chi connectivity index (χ0) is 11.8. The lowest BCUT2D eigenvalue weighted by atomic mass is 10.2. The Labute approximate surface area is 98.7 Å². The van der Waals surface area contributed by atoms with Crippen LogP contribution < -0.4 is 5.73 Å². The second-order valence-electron chi connectivity index (χ2n) is 4.10. The van der Waals surface area contributed by atoms with Gasteiger partial charge in [-0.2, -0.15) is 0 Å². The Kier molecular flexibility index (Phi) is 6.04. The van der Waals surface area contributed by atoms with Crippen molar-refractivity contribution in [2.75, 3.05) is 13.1 Å². The second kappa shape index (κ2) is 7.36. The first kappa shape index (κ1) is 13.1. The Morgan fingerprint density at radius 1 is 1.12 bits per heavy atom. The fraction of sp³-hybridized carbons (Fsp3) is 0.615. The van der Waals surface area contributed by atoms with Gasteiger partial charge >= 0.3 is 0 Å². The lowest BCUT2D eigenvalue weighted by molar-refractivity contribution is 0.263. The van der Waals surface area contributed by atoms with Crippen LogP contribution >= 0.6 is 0 Å². The molecule has 0 aliphatic carbocycles. The molecule has 0 unspecified atom stereocenters. The summed E-state index contributed by atoms with van der Waals surface area (Å²) in [6.07, 6.45) is 2.38. The van der Waals surface area contributed by atoms with Crippen molar-refractivity contribution in [2.45, 2.75) is 39.8 Å². The Morgan fingerprint density at radius 3 is 2.31 bits per heavy atom. The first-order chi connectivity index (χ1) is 7.80. The minimum atomic E-state index is 0.523. The van der Waals surface area contributed by atoms with E-state index in [4.69, 9.17) is 5.73 Å². The summed E-state index contributed by atoms with van der Waals surface area (Å²) in [6.45, 7) is 8.18. The molecule has 0 aliphatic rings. The van der Waals surface area contributed by atoms with Crippen LogP contribution in [0, 0.1) is 0 Å². The first-order valence-electron chi connectivity index (χ1n) is 6.17. The van der Waals surface area contributed by atoms with Crippen LogP contribution in [0.25, 0.3) is 0 Å². The number of hydrogen-bond donors (Lipinski definition) is 1. The maximum absolute atomic E-state index is 5.59. The molecule has 0 bridgehead atoms. The lowest BCUT2D eigenvalue weighted by Gasteiger charge is -2.20. The van der Waals surface area contributed by atoms with E-state index < -0.39 is 0 Å². The predicted octanol–water partition coefficient (Wildman–Crippen LogP) is 2.16. The zero-order valence-electron chi connectivity index (χ0n) is 10.4. The molecule has 0 fully saturated rings. The van der Waals surface area contributed by atoms with Gasteiger partial charge in [0.1, 0.15) is 0 Å². The highest BCUT2D eigenvalue weighted by Gasteiger charge is 2.05. The largest absolute Gasteiger partial charge is 0.325 e. The van der Waals surface area contributed by atoms with E-state index in [-0.39, 0.29) is 0 Å². The van der Waals surface area contributed by atoms with Crippen LogP contribution in [0.15, 0.2) is 18.2 Å². The summed E-state index contributed by atoms with van der Waals surface area (Å²) >= 11 is 0. The van der Waals surface area contributed by atoms with Crippen molar-refractivity contribution < 1.29 is 0 Å². The molecule has 0 aromatic carbocycles. The molecule has 1 aromatic heterocycles. The Morgan fingerprint density at radius 2 is 1.75 bits per heavy atom. The van der Waals surface area contributed by atoms with Crippen LogP contribution in [0.4, 0.5) is 0 Å². The molecule has 0 aliphatic heterocycles. The molecule has 2 N–H and O–H groups in total. The van der Waals surface area contributed by atoms with E-state index in [1.165, 1.54) is 12.8 Å². The summed E-state index contributed by atoms with van der Waals surface area (Å²) in [4.78, 5) is 6.98. The van der Waals surface area contributed by atoms with Crippen molar-refractivity contribution in [3.63, 3.8) is 0 Å². The third kappa shape index (κ3) is 4.29. The van der Waals surface area contributed by atoms with Gasteiger partial charge in [-0.3, -0.25) is 9.88 Å². The molecular weight excluding hydrogens is 198 g/mol. The normalized spacial score (nSPS) is 11.0. The van der Waals surface area contributed by atoms with Gasteiger partial charge in [-0.15, -0.1) is 0 Å². The van der Waals surface area contributed by atoms with Gasteiger partial charge < -0.3 is 5.73 Å². The summed E-state index contributed by atoms with van der Waals surface area (Å²) in [5, 5.41) is 0. The number of aromatic nitrogens is 1. The molecule has 0 spiro atoms. The fourth-order valence-corrected chi connectivity index (χ4v) is 1.86. The molecule has 0 atom stereocenters. The van der Waals surface area contributed by atoms with Crippen LogP contribution in [0.2, 0.25) is 0 Å². The lowest BCUT2D eigenvalue weighted by Crippen LogP contribution is -2.25. The van der Waals surface area contributed by atoms with Crippen molar-refractivity contribution in [3.8, 4) is 0 Å². The minimum Gasteiger partial charge on any atom is -0.325 e. The standard InChI is InChI=1S/C13H23N3/c1-3-8-16(9-4-2)11-13-7-5-6-12(10-14)15-13/h5-7H,3-4,8-11,14H2,1-2H3. The van der Waals surface area contributed by atoms with E-state index in [0.29, 0.717) is 6.54 Å². The average Bonchev–Trinajstić information content (AvgIpc) is 2.30. The molecule has 1 rings (SSSR count). The molecule has 0 radical (unpaired) electrons. The smallest absolute Gasteiger partial charge is 0.0547 e. The van der Waals surface area contributed by atoms with Crippen molar-refractivity contribution in [2.24, 2.45) is 5.73 Å². The number of rotatable bonds is 7. The van der Waals surface area contributed by atoms with Crippen LogP contribution in [0.5, 0.6) is 0 Å². The SMILES string of the molecule is CCCN(CCC)Cc1cccc(CN)n1. The summed E-state index contributed by atoms with van der Waals surface area (Å²) in [6, 6.07) is 6.10. The Hall–Kier alpha value is -0.930. The van der Waals surface area contributed by atoms with Crippen molar-refractivity contribution in [1.82, 2.24) is 9.88 Å². The Bertz CT molecular complexity index is 293. The van der Waals surface area contributed by atoms with Gasteiger partial charge in [-0.1, -0.05) is 19.9 Å². The van der Waals surface area contributed by atoms with Gasteiger partial charge in [0, 0.05) is 13.1 Å². The third-order valence-electron chi connectivity index (χ3n) is 2.54. The quantitative estimate of drug-likeness (QED) is 0.767. The third-order valence-corrected chi connectivity index (χ3v) is 2.54. The maximum atomic E-state index is 5.59. The topological polar surface area (TPSA) is 42.1 Å². The summed E-state index contributed by atoms with van der Waals surface area (Å²) in [5.41, 5.74) is 7.70. The number of pyridine rings is 1. The maximum Gasteiger partial charge on any atom is 0.0547 e. The van der Waals surface area contributed by atoms with Crippen molar-refractivity contribution in [3.05, 3.63) is 29.6 Å². The average molecular weight is 221 g/mol.